The molecule has 0 unspecified atom stereocenters. The van der Waals surface area contributed by atoms with Crippen LogP contribution in [0.3, 0.4) is 0 Å². The first-order valence-electron chi connectivity index (χ1n) is 6.93. The van der Waals surface area contributed by atoms with Gasteiger partial charge in [-0.1, -0.05) is 43.7 Å². The van der Waals surface area contributed by atoms with Crippen molar-refractivity contribution in [3.63, 3.8) is 0 Å². The van der Waals surface area contributed by atoms with E-state index in [0.29, 0.717) is 16.1 Å². The van der Waals surface area contributed by atoms with Crippen molar-refractivity contribution < 1.29 is 0 Å². The van der Waals surface area contributed by atoms with Gasteiger partial charge in [0, 0.05) is 6.54 Å². The molecule has 0 bridgehead atoms. The summed E-state index contributed by atoms with van der Waals surface area (Å²) in [6.45, 7) is 7.42. The van der Waals surface area contributed by atoms with Gasteiger partial charge in [-0.3, -0.25) is 0 Å². The number of nitrogens with zero attached hydrogens (tertiary/aromatic N) is 3. The van der Waals surface area contributed by atoms with Gasteiger partial charge in [-0.05, 0) is 41.4 Å². The van der Waals surface area contributed by atoms with Crippen molar-refractivity contribution in [2.24, 2.45) is 5.92 Å². The molecule has 0 radical (unpaired) electrons. The lowest BCUT2D eigenvalue weighted by molar-refractivity contribution is 0.632. The van der Waals surface area contributed by atoms with Gasteiger partial charge in [0.2, 0.25) is 0 Å². The lowest BCUT2D eigenvalue weighted by atomic mass is 10.1. The van der Waals surface area contributed by atoms with Crippen LogP contribution in [-0.2, 0) is 6.42 Å². The molecule has 0 aliphatic heterocycles. The Hall–Kier alpha value is -0.470. The minimum atomic E-state index is 0.542. The summed E-state index contributed by atoms with van der Waals surface area (Å²) in [5.74, 6) is 2.09. The summed E-state index contributed by atoms with van der Waals surface area (Å²) < 4.78 is 1.75. The van der Waals surface area contributed by atoms with Crippen LogP contribution in [0.25, 0.3) is 10.8 Å². The van der Waals surface area contributed by atoms with Gasteiger partial charge in [0.25, 0.3) is 0 Å². The van der Waals surface area contributed by atoms with Crippen LogP contribution in [0.15, 0.2) is 6.20 Å². The maximum Gasteiger partial charge on any atom is 0.191 e. The smallest absolute Gasteiger partial charge is 0.191 e. The molecule has 0 fully saturated rings. The fraction of sp³-hybridized carbons (Fsp3) is 0.500. The van der Waals surface area contributed by atoms with E-state index in [-0.39, 0.29) is 0 Å². The Kier molecular flexibility index (Phi) is 6.19. The number of nitrogens with one attached hydrogen (secondary N) is 1. The molecule has 0 aliphatic carbocycles. The average Bonchev–Trinajstić information content (AvgIpc) is 2.86. The van der Waals surface area contributed by atoms with E-state index in [2.05, 4.69) is 58.6 Å². The van der Waals surface area contributed by atoms with Crippen molar-refractivity contribution in [3.05, 3.63) is 19.8 Å². The molecule has 2 aromatic rings. The molecule has 2 rings (SSSR count). The lowest BCUT2D eigenvalue weighted by Gasteiger charge is -2.13. The molecule has 21 heavy (non-hydrogen) atoms. The van der Waals surface area contributed by atoms with Crippen molar-refractivity contribution in [1.82, 2.24) is 15.0 Å². The number of rotatable bonds is 6. The number of hydrogen-bond donors (Lipinski definition) is 1. The second-order valence-corrected chi connectivity index (χ2v) is 7.89. The molecule has 0 spiro atoms. The second kappa shape index (κ2) is 7.69. The molecule has 0 amide bonds. The summed E-state index contributed by atoms with van der Waals surface area (Å²) in [5, 5.41) is 4.14. The number of halogens is 2. The summed E-state index contributed by atoms with van der Waals surface area (Å²) in [4.78, 5) is 13.6. The maximum absolute atomic E-state index is 5.97. The molecule has 0 atom stereocenters. The molecule has 2 heterocycles. The Bertz CT molecular complexity index is 615. The molecular weight excluding hydrogens is 419 g/mol. The normalized spacial score (nSPS) is 11.1. The van der Waals surface area contributed by atoms with Crippen LogP contribution in [0.2, 0.25) is 4.34 Å². The fourth-order valence-electron chi connectivity index (χ4n) is 1.83. The minimum Gasteiger partial charge on any atom is -0.369 e. The topological polar surface area (TPSA) is 50.7 Å². The highest BCUT2D eigenvalue weighted by atomic mass is 127. The van der Waals surface area contributed by atoms with Crippen molar-refractivity contribution in [3.8, 4) is 10.8 Å². The molecule has 114 valence electrons. The van der Waals surface area contributed by atoms with E-state index in [1.807, 2.05) is 0 Å². The van der Waals surface area contributed by atoms with Gasteiger partial charge in [-0.15, -0.1) is 0 Å². The van der Waals surface area contributed by atoms with Gasteiger partial charge in [0.1, 0.15) is 10.2 Å². The zero-order valence-corrected chi connectivity index (χ0v) is 16.0. The van der Waals surface area contributed by atoms with Gasteiger partial charge in [0.15, 0.2) is 10.8 Å². The maximum atomic E-state index is 5.97. The number of aromatic nitrogens is 3. The molecular formula is C14H18ClIN4S. The molecule has 0 saturated heterocycles. The number of anilines is 1. The third-order valence-corrected chi connectivity index (χ3v) is 4.98. The zero-order valence-electron chi connectivity index (χ0n) is 12.3. The molecule has 4 nitrogen and oxygen atoms in total. The van der Waals surface area contributed by atoms with Crippen LogP contribution in [0.5, 0.6) is 0 Å². The van der Waals surface area contributed by atoms with E-state index in [1.54, 1.807) is 6.20 Å². The largest absolute Gasteiger partial charge is 0.369 e. The first kappa shape index (κ1) is 16.9. The average molecular weight is 437 g/mol. The first-order chi connectivity index (χ1) is 10.0. The van der Waals surface area contributed by atoms with Crippen LogP contribution in [0, 0.1) is 9.49 Å². The molecule has 2 aromatic heterocycles. The van der Waals surface area contributed by atoms with Gasteiger partial charge >= 0.3 is 0 Å². The van der Waals surface area contributed by atoms with Gasteiger partial charge < -0.3 is 5.32 Å². The van der Waals surface area contributed by atoms with Crippen molar-refractivity contribution in [1.29, 1.82) is 0 Å². The predicted octanol–water partition coefficient (Wildman–Crippen LogP) is 4.88. The summed E-state index contributed by atoms with van der Waals surface area (Å²) >= 11 is 9.70. The van der Waals surface area contributed by atoms with E-state index in [1.165, 1.54) is 11.3 Å². The van der Waals surface area contributed by atoms with Crippen molar-refractivity contribution >= 4 is 51.3 Å². The van der Waals surface area contributed by atoms with E-state index >= 15 is 0 Å². The predicted molar refractivity (Wildman–Crippen MR) is 98.2 cm³/mol. The van der Waals surface area contributed by atoms with Crippen LogP contribution in [0.4, 0.5) is 5.82 Å². The van der Waals surface area contributed by atoms with Gasteiger partial charge in [-0.2, -0.15) is 0 Å². The molecule has 0 aromatic carbocycles. The zero-order chi connectivity index (χ0) is 15.4. The third kappa shape index (κ3) is 4.50. The number of thiazole rings is 1. The van der Waals surface area contributed by atoms with Crippen LogP contribution >= 0.6 is 45.5 Å². The first-order valence-corrected chi connectivity index (χ1v) is 9.20. The quantitative estimate of drug-likeness (QED) is 0.656. The van der Waals surface area contributed by atoms with E-state index < -0.39 is 0 Å². The Labute approximate surface area is 147 Å². The van der Waals surface area contributed by atoms with Gasteiger partial charge in [0.05, 0.1) is 15.5 Å². The van der Waals surface area contributed by atoms with Gasteiger partial charge in [-0.25, -0.2) is 15.0 Å². The van der Waals surface area contributed by atoms with Crippen LogP contribution < -0.4 is 5.32 Å². The Morgan fingerprint density at radius 3 is 2.71 bits per heavy atom. The van der Waals surface area contributed by atoms with Crippen molar-refractivity contribution in [2.75, 3.05) is 11.9 Å². The highest BCUT2D eigenvalue weighted by Crippen LogP contribution is 2.29. The minimum absolute atomic E-state index is 0.542. The Balaban J connectivity index is 2.44. The SMILES string of the molecule is CCCNc1nc(-c2ncc(Cl)s2)nc(CC(C)C)c1I. The number of hydrogen-bond acceptors (Lipinski definition) is 5. The monoisotopic (exact) mass is 436 g/mol. The van der Waals surface area contributed by atoms with E-state index in [9.17, 15) is 0 Å². The molecule has 0 saturated carbocycles. The summed E-state index contributed by atoms with van der Waals surface area (Å²) in [5.41, 5.74) is 1.07. The summed E-state index contributed by atoms with van der Waals surface area (Å²) in [6.07, 6.45) is 3.62. The van der Waals surface area contributed by atoms with E-state index in [4.69, 9.17) is 16.6 Å². The molecule has 0 aliphatic rings. The van der Waals surface area contributed by atoms with Crippen molar-refractivity contribution in [2.45, 2.75) is 33.6 Å². The Morgan fingerprint density at radius 2 is 2.14 bits per heavy atom. The second-order valence-electron chi connectivity index (χ2n) is 5.15. The highest BCUT2D eigenvalue weighted by Gasteiger charge is 2.16. The van der Waals surface area contributed by atoms with Crippen LogP contribution in [-0.4, -0.2) is 21.5 Å². The summed E-state index contributed by atoms with van der Waals surface area (Å²) in [6, 6.07) is 0. The van der Waals surface area contributed by atoms with E-state index in [0.717, 1.165) is 39.5 Å². The lowest BCUT2D eigenvalue weighted by Crippen LogP contribution is -2.10. The fourth-order valence-corrected chi connectivity index (χ4v) is 3.33. The third-order valence-electron chi connectivity index (χ3n) is 2.73. The molecule has 1 N–H and O–H groups in total. The molecule has 7 heteroatoms. The standard InChI is InChI=1S/C14H18ClIN4S/c1-4-5-17-12-11(16)9(6-8(2)3)19-13(20-12)14-18-7-10(15)21-14/h7-8H,4-6H2,1-3H3,(H,17,19,20). The highest BCUT2D eigenvalue weighted by molar-refractivity contribution is 14.1. The summed E-state index contributed by atoms with van der Waals surface area (Å²) in [7, 11) is 0. The Morgan fingerprint density at radius 1 is 1.38 bits per heavy atom. The van der Waals surface area contributed by atoms with Crippen LogP contribution in [0.1, 0.15) is 32.9 Å².